The lowest BCUT2D eigenvalue weighted by Gasteiger charge is -2.09. The Balaban J connectivity index is 2.23. The first-order chi connectivity index (χ1) is 8.18. The number of para-hydroxylation sites is 2. The molecule has 1 aliphatic heterocycles. The van der Waals surface area contributed by atoms with Crippen LogP contribution >= 0.6 is 0 Å². The summed E-state index contributed by atoms with van der Waals surface area (Å²) < 4.78 is 3.29. The van der Waals surface area contributed by atoms with Gasteiger partial charge in [-0.3, -0.25) is 9.13 Å². The molecule has 0 saturated heterocycles. The average Bonchev–Trinajstić information content (AvgIpc) is 2.84. The second-order valence-corrected chi connectivity index (χ2v) is 4.29. The van der Waals surface area contributed by atoms with E-state index in [0.717, 1.165) is 16.7 Å². The zero-order chi connectivity index (χ0) is 12.0. The van der Waals surface area contributed by atoms with Crippen molar-refractivity contribution in [2.24, 2.45) is 12.2 Å². The molecule has 88 valence electrons. The van der Waals surface area contributed by atoms with Gasteiger partial charge in [0, 0.05) is 13.5 Å². The van der Waals surface area contributed by atoms with Gasteiger partial charge in [0.25, 0.3) is 0 Å². The van der Waals surface area contributed by atoms with E-state index in [9.17, 15) is 4.79 Å². The van der Waals surface area contributed by atoms with Crippen LogP contribution in [0.3, 0.4) is 0 Å². The molecular weight excluding hydrogens is 218 g/mol. The maximum atomic E-state index is 12.2. The van der Waals surface area contributed by atoms with Crippen LogP contribution in [0, 0.1) is 0 Å². The van der Waals surface area contributed by atoms with Gasteiger partial charge in [0.15, 0.2) is 0 Å². The second kappa shape index (κ2) is 3.48. The third-order valence-corrected chi connectivity index (χ3v) is 3.08. The summed E-state index contributed by atoms with van der Waals surface area (Å²) >= 11 is 0. The van der Waals surface area contributed by atoms with Crippen LogP contribution in [0.1, 0.15) is 19.6 Å². The summed E-state index contributed by atoms with van der Waals surface area (Å²) in [7, 11) is 1.77. The van der Waals surface area contributed by atoms with E-state index in [0.29, 0.717) is 6.42 Å². The Labute approximate surface area is 97.9 Å². The Hall–Kier alpha value is -2.04. The van der Waals surface area contributed by atoms with E-state index in [1.165, 1.54) is 0 Å². The van der Waals surface area contributed by atoms with Crippen molar-refractivity contribution in [3.05, 3.63) is 34.7 Å². The minimum absolute atomic E-state index is 0.0684. The quantitative estimate of drug-likeness (QED) is 0.749. The van der Waals surface area contributed by atoms with Gasteiger partial charge in [-0.15, -0.1) is 0 Å². The van der Waals surface area contributed by atoms with Crippen molar-refractivity contribution >= 4 is 16.7 Å². The summed E-state index contributed by atoms with van der Waals surface area (Å²) in [6.45, 7) is 1.90. The highest BCUT2D eigenvalue weighted by atomic mass is 16.7. The number of hydrogen-bond acceptors (Lipinski definition) is 3. The molecule has 5 heteroatoms. The van der Waals surface area contributed by atoms with Gasteiger partial charge in [-0.1, -0.05) is 17.3 Å². The van der Waals surface area contributed by atoms with Crippen molar-refractivity contribution in [3.8, 4) is 0 Å². The van der Waals surface area contributed by atoms with Crippen LogP contribution in [-0.2, 0) is 11.9 Å². The van der Waals surface area contributed by atoms with Crippen LogP contribution in [0.15, 0.2) is 34.2 Å². The van der Waals surface area contributed by atoms with Crippen molar-refractivity contribution in [2.75, 3.05) is 0 Å². The molecule has 1 aromatic heterocycles. The molecule has 0 bridgehead atoms. The predicted octanol–water partition coefficient (Wildman–Crippen LogP) is 1.63. The Morgan fingerprint density at radius 2 is 2.06 bits per heavy atom. The molecule has 1 aromatic carbocycles. The number of nitrogens with zero attached hydrogens (tertiary/aromatic N) is 3. The summed E-state index contributed by atoms with van der Waals surface area (Å²) in [6.07, 6.45) is 0.349. The second-order valence-electron chi connectivity index (χ2n) is 4.29. The number of hydrogen-bond donors (Lipinski definition) is 0. The Kier molecular flexibility index (Phi) is 2.07. The molecule has 2 heterocycles. The number of benzene rings is 1. The van der Waals surface area contributed by atoms with Gasteiger partial charge in [0.1, 0.15) is 0 Å². The number of aryl methyl sites for hydroxylation is 1. The van der Waals surface area contributed by atoms with Crippen molar-refractivity contribution in [3.63, 3.8) is 0 Å². The number of rotatable bonds is 1. The average molecular weight is 231 g/mol. The van der Waals surface area contributed by atoms with Gasteiger partial charge in [-0.05, 0) is 19.1 Å². The molecule has 0 amide bonds. The number of fused-ring (bicyclic) bond motifs is 1. The zero-order valence-corrected chi connectivity index (χ0v) is 9.75. The third kappa shape index (κ3) is 1.39. The molecule has 1 unspecified atom stereocenters. The van der Waals surface area contributed by atoms with Gasteiger partial charge < -0.3 is 4.84 Å². The molecule has 5 nitrogen and oxygen atoms in total. The fraction of sp³-hybridized carbons (Fsp3) is 0.333. The van der Waals surface area contributed by atoms with E-state index in [-0.39, 0.29) is 11.9 Å². The molecule has 0 spiro atoms. The van der Waals surface area contributed by atoms with Crippen molar-refractivity contribution in [1.29, 1.82) is 0 Å². The van der Waals surface area contributed by atoms with Gasteiger partial charge in [-0.2, -0.15) is 0 Å². The lowest BCUT2D eigenvalue weighted by Crippen LogP contribution is -2.26. The van der Waals surface area contributed by atoms with Gasteiger partial charge in [-0.25, -0.2) is 4.79 Å². The monoisotopic (exact) mass is 231 g/mol. The van der Waals surface area contributed by atoms with Crippen molar-refractivity contribution in [2.45, 2.75) is 19.6 Å². The molecule has 0 radical (unpaired) electrons. The molecule has 0 N–H and O–H groups in total. The standard InChI is InChI=1S/C12H13N3O2/c1-8-7-11(17-13-8)15-10-6-4-3-5-9(10)14(2)12(15)16/h3-6,11H,7H2,1-2H3. The summed E-state index contributed by atoms with van der Waals surface area (Å²) in [6, 6.07) is 7.69. The number of aromatic nitrogens is 2. The Bertz CT molecular complexity index is 666. The highest BCUT2D eigenvalue weighted by Gasteiger charge is 2.24. The topological polar surface area (TPSA) is 48.5 Å². The van der Waals surface area contributed by atoms with E-state index >= 15 is 0 Å². The largest absolute Gasteiger partial charge is 0.370 e. The fourth-order valence-corrected chi connectivity index (χ4v) is 2.21. The van der Waals surface area contributed by atoms with Gasteiger partial charge in [0.2, 0.25) is 6.23 Å². The highest BCUT2D eigenvalue weighted by molar-refractivity contribution is 5.83. The zero-order valence-electron chi connectivity index (χ0n) is 9.75. The molecule has 0 saturated carbocycles. The summed E-state index contributed by atoms with van der Waals surface area (Å²) in [5.41, 5.74) is 2.64. The maximum Gasteiger partial charge on any atom is 0.331 e. The van der Waals surface area contributed by atoms with E-state index in [2.05, 4.69) is 5.16 Å². The Morgan fingerprint density at radius 1 is 1.35 bits per heavy atom. The van der Waals surface area contributed by atoms with Crippen LogP contribution < -0.4 is 5.69 Å². The molecule has 1 atom stereocenters. The minimum Gasteiger partial charge on any atom is -0.370 e. The highest BCUT2D eigenvalue weighted by Crippen LogP contribution is 2.24. The molecule has 0 aliphatic carbocycles. The molecule has 0 fully saturated rings. The maximum absolute atomic E-state index is 12.2. The number of oxime groups is 1. The van der Waals surface area contributed by atoms with E-state index in [1.807, 2.05) is 31.2 Å². The lowest BCUT2D eigenvalue weighted by molar-refractivity contribution is 0.0325. The number of imidazole rings is 1. The smallest absolute Gasteiger partial charge is 0.331 e. The van der Waals surface area contributed by atoms with E-state index < -0.39 is 0 Å². The van der Waals surface area contributed by atoms with Crippen molar-refractivity contribution in [1.82, 2.24) is 9.13 Å². The first-order valence-electron chi connectivity index (χ1n) is 5.53. The molecule has 2 aromatic rings. The minimum atomic E-state index is -0.311. The van der Waals surface area contributed by atoms with Crippen LogP contribution in [-0.4, -0.2) is 14.8 Å². The van der Waals surface area contributed by atoms with Crippen molar-refractivity contribution < 1.29 is 4.84 Å². The molecular formula is C12H13N3O2. The summed E-state index contributed by atoms with van der Waals surface area (Å²) in [4.78, 5) is 17.5. The SMILES string of the molecule is CC1=NOC(n2c(=O)n(C)c3ccccc32)C1. The summed E-state index contributed by atoms with van der Waals surface area (Å²) in [5.74, 6) is 0. The normalized spacial score (nSPS) is 19.4. The summed E-state index contributed by atoms with van der Waals surface area (Å²) in [5, 5.41) is 3.90. The molecule has 1 aliphatic rings. The molecule has 17 heavy (non-hydrogen) atoms. The van der Waals surface area contributed by atoms with Crippen LogP contribution in [0.25, 0.3) is 11.0 Å². The van der Waals surface area contributed by atoms with Crippen LogP contribution in [0.2, 0.25) is 0 Å². The fourth-order valence-electron chi connectivity index (χ4n) is 2.21. The lowest BCUT2D eigenvalue weighted by atomic mass is 10.2. The third-order valence-electron chi connectivity index (χ3n) is 3.08. The van der Waals surface area contributed by atoms with E-state index in [4.69, 9.17) is 4.84 Å². The van der Waals surface area contributed by atoms with Crippen LogP contribution in [0.4, 0.5) is 0 Å². The van der Waals surface area contributed by atoms with E-state index in [1.54, 1.807) is 16.2 Å². The molecule has 3 rings (SSSR count). The first-order valence-corrected chi connectivity index (χ1v) is 5.53. The predicted molar refractivity (Wildman–Crippen MR) is 65.0 cm³/mol. The Morgan fingerprint density at radius 3 is 2.71 bits per heavy atom. The van der Waals surface area contributed by atoms with Crippen LogP contribution in [0.5, 0.6) is 0 Å². The van der Waals surface area contributed by atoms with Gasteiger partial charge >= 0.3 is 5.69 Å². The first kappa shape index (κ1) is 10.1. The van der Waals surface area contributed by atoms with Gasteiger partial charge in [0.05, 0.1) is 16.7 Å².